The number of rotatable bonds is 6. The molecule has 0 radical (unpaired) electrons. The lowest BCUT2D eigenvalue weighted by Gasteiger charge is -2.40. The van der Waals surface area contributed by atoms with Crippen LogP contribution < -0.4 is 15.8 Å². The fourth-order valence-corrected chi connectivity index (χ4v) is 6.56. The second-order valence-electron chi connectivity index (χ2n) is 11.5. The molecule has 1 aliphatic heterocycles. The first-order valence-corrected chi connectivity index (χ1v) is 13.3. The summed E-state index contributed by atoms with van der Waals surface area (Å²) in [6, 6.07) is 17.7. The molecule has 2 aromatic carbocycles. The number of hydrogen-bond donors (Lipinski definition) is 2. The van der Waals surface area contributed by atoms with Gasteiger partial charge in [-0.15, -0.1) is 0 Å². The molecule has 194 valence electrons. The zero-order chi connectivity index (χ0) is 26.0. The van der Waals surface area contributed by atoms with Gasteiger partial charge in [0.05, 0.1) is 18.6 Å². The van der Waals surface area contributed by atoms with Gasteiger partial charge >= 0.3 is 0 Å². The lowest BCUT2D eigenvalue weighted by atomic mass is 9.82. The number of nitrogen functional groups attached to an aromatic ring is 1. The number of nitrogens with two attached hydrogens (primary N) is 1. The number of para-hydroxylation sites is 1. The van der Waals surface area contributed by atoms with Crippen molar-refractivity contribution in [3.05, 3.63) is 72.8 Å². The molecule has 38 heavy (non-hydrogen) atoms. The van der Waals surface area contributed by atoms with Crippen molar-refractivity contribution < 1.29 is 14.3 Å². The van der Waals surface area contributed by atoms with Gasteiger partial charge in [-0.1, -0.05) is 18.2 Å². The molecule has 8 nitrogen and oxygen atoms in total. The van der Waals surface area contributed by atoms with Crippen LogP contribution in [-0.2, 0) is 14.9 Å². The number of benzene rings is 2. The first-order valence-electron chi connectivity index (χ1n) is 13.3. The Labute approximate surface area is 221 Å². The van der Waals surface area contributed by atoms with E-state index in [1.807, 2.05) is 67.7 Å². The zero-order valence-electron chi connectivity index (χ0n) is 21.4. The lowest BCUT2D eigenvalue weighted by molar-refractivity contribution is -0.159. The number of amides is 1. The highest BCUT2D eigenvalue weighted by Crippen LogP contribution is 2.58. The zero-order valence-corrected chi connectivity index (χ0v) is 21.4. The number of fused-ring (bicyclic) bond motifs is 3. The number of carbonyl (C=O) groups excluding carboxylic acids is 1. The van der Waals surface area contributed by atoms with Crippen molar-refractivity contribution in [1.29, 1.82) is 0 Å². The van der Waals surface area contributed by atoms with E-state index in [9.17, 15) is 4.79 Å². The van der Waals surface area contributed by atoms with E-state index in [-0.39, 0.29) is 16.9 Å². The van der Waals surface area contributed by atoms with Gasteiger partial charge in [0.1, 0.15) is 34.4 Å². The van der Waals surface area contributed by atoms with Crippen molar-refractivity contribution >= 4 is 17.2 Å². The summed E-state index contributed by atoms with van der Waals surface area (Å²) in [5.74, 6) is 3.12. The topological polar surface area (TPSA) is 104 Å². The predicted molar refractivity (Wildman–Crippen MR) is 144 cm³/mol. The van der Waals surface area contributed by atoms with Crippen LogP contribution in [0.1, 0.15) is 44.9 Å². The van der Waals surface area contributed by atoms with Gasteiger partial charge in [0, 0.05) is 28.9 Å². The van der Waals surface area contributed by atoms with Crippen LogP contribution in [0.4, 0.5) is 5.82 Å². The Morgan fingerprint density at radius 2 is 1.74 bits per heavy atom. The Morgan fingerprint density at radius 3 is 2.42 bits per heavy atom. The maximum absolute atomic E-state index is 13.1. The number of nitrogens with zero attached hydrogens (tertiary/aromatic N) is 3. The van der Waals surface area contributed by atoms with Crippen molar-refractivity contribution in [3.63, 3.8) is 0 Å². The molecule has 1 saturated heterocycles. The number of carbonyl (C=O) groups is 1. The number of nitrogens with one attached hydrogen (secondary N) is 1. The molecule has 1 amide bonds. The fourth-order valence-electron chi connectivity index (χ4n) is 6.56. The van der Waals surface area contributed by atoms with Crippen LogP contribution >= 0.6 is 0 Å². The maximum atomic E-state index is 13.1. The summed E-state index contributed by atoms with van der Waals surface area (Å²) in [5.41, 5.74) is 8.32. The van der Waals surface area contributed by atoms with Crippen LogP contribution in [0.2, 0.25) is 0 Å². The third kappa shape index (κ3) is 3.58. The molecule has 0 unspecified atom stereocenters. The molecule has 3 N–H and O–H groups in total. The molecule has 3 fully saturated rings. The van der Waals surface area contributed by atoms with Crippen LogP contribution in [0.3, 0.4) is 0 Å². The van der Waals surface area contributed by atoms with E-state index in [0.29, 0.717) is 19.0 Å². The third-order valence-corrected chi connectivity index (χ3v) is 8.77. The van der Waals surface area contributed by atoms with Gasteiger partial charge in [-0.05, 0) is 75.4 Å². The van der Waals surface area contributed by atoms with E-state index < -0.39 is 5.41 Å². The predicted octanol–water partition coefficient (Wildman–Crippen LogP) is 4.88. The van der Waals surface area contributed by atoms with Gasteiger partial charge in [-0.25, -0.2) is 9.97 Å². The molecule has 4 aromatic rings. The SMILES string of the molecule is CC1(C(=O)NC23CCC(c4nc(-c5ccc(Oc6ccccc6)cc5)c5c(N)nccn45)(CC2)C3)COC1. The minimum Gasteiger partial charge on any atom is -0.457 e. The molecule has 0 spiro atoms. The molecular weight excluding hydrogens is 478 g/mol. The minimum atomic E-state index is -0.410. The molecule has 2 saturated carbocycles. The number of ether oxygens (including phenoxy) is 2. The number of hydrogen-bond acceptors (Lipinski definition) is 6. The summed E-state index contributed by atoms with van der Waals surface area (Å²) in [6.45, 7) is 2.98. The van der Waals surface area contributed by atoms with Gasteiger partial charge in [0.15, 0.2) is 0 Å². The first kappa shape index (κ1) is 23.2. The molecule has 8 heteroatoms. The monoisotopic (exact) mass is 509 g/mol. The first-order chi connectivity index (χ1) is 18.4. The second kappa shape index (κ2) is 8.30. The van der Waals surface area contributed by atoms with Crippen LogP contribution in [-0.4, -0.2) is 39.0 Å². The second-order valence-corrected chi connectivity index (χ2v) is 11.5. The van der Waals surface area contributed by atoms with E-state index in [4.69, 9.17) is 20.2 Å². The van der Waals surface area contributed by atoms with Crippen molar-refractivity contribution in [3.8, 4) is 22.8 Å². The maximum Gasteiger partial charge on any atom is 0.231 e. The fraction of sp³-hybridized carbons (Fsp3) is 0.367. The lowest BCUT2D eigenvalue weighted by Crippen LogP contribution is -2.57. The van der Waals surface area contributed by atoms with Crippen LogP contribution in [0.25, 0.3) is 16.8 Å². The largest absolute Gasteiger partial charge is 0.457 e. The summed E-state index contributed by atoms with van der Waals surface area (Å²) < 4.78 is 13.4. The smallest absolute Gasteiger partial charge is 0.231 e. The van der Waals surface area contributed by atoms with Crippen molar-refractivity contribution in [2.24, 2.45) is 5.41 Å². The van der Waals surface area contributed by atoms with Crippen LogP contribution in [0, 0.1) is 5.41 Å². The van der Waals surface area contributed by atoms with Crippen molar-refractivity contribution in [2.45, 2.75) is 50.0 Å². The molecule has 2 aromatic heterocycles. The molecule has 2 aliphatic carbocycles. The molecule has 0 atom stereocenters. The highest BCUT2D eigenvalue weighted by Gasteiger charge is 2.58. The van der Waals surface area contributed by atoms with Crippen LogP contribution in [0.15, 0.2) is 67.0 Å². The number of imidazole rings is 1. The van der Waals surface area contributed by atoms with Gasteiger partial charge in [-0.3, -0.25) is 9.20 Å². The van der Waals surface area contributed by atoms with Gasteiger partial charge in [0.2, 0.25) is 5.91 Å². The number of aromatic nitrogens is 3. The highest BCUT2D eigenvalue weighted by atomic mass is 16.5. The van der Waals surface area contributed by atoms with E-state index in [1.54, 1.807) is 6.20 Å². The van der Waals surface area contributed by atoms with Gasteiger partial charge in [0.25, 0.3) is 0 Å². The van der Waals surface area contributed by atoms with Crippen LogP contribution in [0.5, 0.6) is 11.5 Å². The van der Waals surface area contributed by atoms with E-state index in [2.05, 4.69) is 14.7 Å². The molecule has 3 heterocycles. The number of anilines is 1. The Hall–Kier alpha value is -3.91. The Kier molecular flexibility index (Phi) is 5.07. The average Bonchev–Trinajstić information content (AvgIpc) is 3.59. The summed E-state index contributed by atoms with van der Waals surface area (Å²) in [6.07, 6.45) is 8.44. The third-order valence-electron chi connectivity index (χ3n) is 8.77. The van der Waals surface area contributed by atoms with Crippen molar-refractivity contribution in [2.75, 3.05) is 18.9 Å². The Morgan fingerprint density at radius 1 is 1.03 bits per heavy atom. The summed E-state index contributed by atoms with van der Waals surface area (Å²) >= 11 is 0. The molecule has 7 rings (SSSR count). The van der Waals surface area contributed by atoms with Crippen molar-refractivity contribution in [1.82, 2.24) is 19.7 Å². The molecular formula is C30H31N5O3. The van der Waals surface area contributed by atoms with Gasteiger partial charge in [-0.2, -0.15) is 0 Å². The Bertz CT molecular complexity index is 1520. The molecule has 2 bridgehead atoms. The van der Waals surface area contributed by atoms with Gasteiger partial charge < -0.3 is 20.5 Å². The summed E-state index contributed by atoms with van der Waals surface area (Å²) in [5, 5.41) is 3.44. The van der Waals surface area contributed by atoms with E-state index in [0.717, 1.165) is 66.2 Å². The average molecular weight is 510 g/mol. The minimum absolute atomic E-state index is 0.112. The quantitative estimate of drug-likeness (QED) is 0.384. The normalized spacial score (nSPS) is 25.3. The molecule has 3 aliphatic rings. The van der Waals surface area contributed by atoms with E-state index in [1.165, 1.54) is 0 Å². The Balaban J connectivity index is 1.21. The summed E-state index contributed by atoms with van der Waals surface area (Å²) in [7, 11) is 0. The highest BCUT2D eigenvalue weighted by molar-refractivity contribution is 5.86. The standard InChI is InChI=1S/C30H31N5O3/c1-28(18-37-19-28)27(36)34-30-13-11-29(17-30,12-14-30)26-33-23(24-25(31)32-15-16-35(24)26)20-7-9-22(10-8-20)38-21-5-3-2-4-6-21/h2-10,15-16H,11-14,17-19H2,1H3,(H2,31,32)(H,34,36). The van der Waals surface area contributed by atoms with E-state index >= 15 is 0 Å². The summed E-state index contributed by atoms with van der Waals surface area (Å²) in [4.78, 5) is 22.7.